The summed E-state index contributed by atoms with van der Waals surface area (Å²) >= 11 is 4.22. The second kappa shape index (κ2) is 15.1. The van der Waals surface area contributed by atoms with Crippen LogP contribution in [0.15, 0.2) is 58.8 Å². The van der Waals surface area contributed by atoms with Gasteiger partial charge in [-0.3, -0.25) is 0 Å². The number of thiol groups is 1. The number of azo groups is 1. The van der Waals surface area contributed by atoms with Crippen LogP contribution in [0, 0.1) is 0 Å². The topological polar surface area (TPSA) is 34.0 Å². The molecule has 0 unspecified atom stereocenters. The van der Waals surface area contributed by atoms with E-state index in [9.17, 15) is 0 Å². The predicted octanol–water partition coefficient (Wildman–Crippen LogP) is 8.48. The van der Waals surface area contributed by atoms with E-state index in [1.807, 2.05) is 24.3 Å². The highest BCUT2D eigenvalue weighted by Crippen LogP contribution is 2.22. The van der Waals surface area contributed by atoms with E-state index < -0.39 is 0 Å². The first-order valence-corrected chi connectivity index (χ1v) is 11.8. The van der Waals surface area contributed by atoms with E-state index in [0.717, 1.165) is 55.2 Å². The first-order valence-electron chi connectivity index (χ1n) is 11.2. The highest BCUT2D eigenvalue weighted by Gasteiger charge is 1.98. The van der Waals surface area contributed by atoms with E-state index in [0.29, 0.717) is 0 Å². The first kappa shape index (κ1) is 23.5. The van der Waals surface area contributed by atoms with Crippen molar-refractivity contribution in [2.24, 2.45) is 10.2 Å². The molecule has 0 bridgehead atoms. The van der Waals surface area contributed by atoms with Crippen LogP contribution in [0.5, 0.6) is 5.75 Å². The van der Waals surface area contributed by atoms with Gasteiger partial charge in [0.2, 0.25) is 0 Å². The molecule has 0 heterocycles. The van der Waals surface area contributed by atoms with Gasteiger partial charge in [0.25, 0.3) is 0 Å². The molecule has 158 valence electrons. The van der Waals surface area contributed by atoms with Crippen LogP contribution < -0.4 is 4.74 Å². The molecule has 2 aromatic carbocycles. The third-order valence-electron chi connectivity index (χ3n) is 4.94. The number of hydrogen-bond acceptors (Lipinski definition) is 4. The minimum Gasteiger partial charge on any atom is -0.494 e. The van der Waals surface area contributed by atoms with Gasteiger partial charge in [0.15, 0.2) is 0 Å². The first-order chi connectivity index (χ1) is 14.3. The molecule has 0 fully saturated rings. The summed E-state index contributed by atoms with van der Waals surface area (Å²) in [5.41, 5.74) is 3.11. The van der Waals surface area contributed by atoms with Gasteiger partial charge in [-0.25, -0.2) is 0 Å². The summed E-state index contributed by atoms with van der Waals surface area (Å²) in [4.78, 5) is 0. The van der Waals surface area contributed by atoms with Crippen LogP contribution in [0.1, 0.15) is 70.3 Å². The Morgan fingerprint density at radius 1 is 0.690 bits per heavy atom. The van der Waals surface area contributed by atoms with Crippen molar-refractivity contribution < 1.29 is 4.74 Å². The summed E-state index contributed by atoms with van der Waals surface area (Å²) in [7, 11) is 0. The Morgan fingerprint density at radius 2 is 1.28 bits per heavy atom. The Hall–Kier alpha value is -1.81. The molecule has 0 aromatic heterocycles. The van der Waals surface area contributed by atoms with Gasteiger partial charge in [-0.05, 0) is 79.8 Å². The fourth-order valence-electron chi connectivity index (χ4n) is 3.14. The maximum Gasteiger partial charge on any atom is 0.119 e. The lowest BCUT2D eigenvalue weighted by Crippen LogP contribution is -1.96. The summed E-state index contributed by atoms with van der Waals surface area (Å²) in [5.74, 6) is 1.83. The van der Waals surface area contributed by atoms with Crippen LogP contribution in [-0.4, -0.2) is 12.4 Å². The van der Waals surface area contributed by atoms with Crippen LogP contribution in [0.3, 0.4) is 0 Å². The van der Waals surface area contributed by atoms with Crippen molar-refractivity contribution in [3.63, 3.8) is 0 Å². The Morgan fingerprint density at radius 3 is 1.93 bits per heavy atom. The van der Waals surface area contributed by atoms with Crippen molar-refractivity contribution in [1.29, 1.82) is 0 Å². The number of ether oxygens (including phenoxy) is 1. The van der Waals surface area contributed by atoms with E-state index >= 15 is 0 Å². The molecule has 0 aliphatic heterocycles. The van der Waals surface area contributed by atoms with Gasteiger partial charge in [-0.1, -0.05) is 51.2 Å². The molecule has 0 saturated carbocycles. The van der Waals surface area contributed by atoms with Crippen molar-refractivity contribution >= 4 is 24.0 Å². The van der Waals surface area contributed by atoms with Gasteiger partial charge < -0.3 is 4.74 Å². The predicted molar refractivity (Wildman–Crippen MR) is 127 cm³/mol. The Balaban J connectivity index is 1.70. The summed E-state index contributed by atoms with van der Waals surface area (Å²) in [5, 5.41) is 8.68. The van der Waals surface area contributed by atoms with Gasteiger partial charge in [0.1, 0.15) is 5.75 Å². The lowest BCUT2D eigenvalue weighted by atomic mass is 10.0. The van der Waals surface area contributed by atoms with E-state index in [4.69, 9.17) is 4.74 Å². The zero-order valence-corrected chi connectivity index (χ0v) is 18.7. The smallest absolute Gasteiger partial charge is 0.119 e. The quantitative estimate of drug-likeness (QED) is 0.178. The van der Waals surface area contributed by atoms with Crippen molar-refractivity contribution in [3.05, 3.63) is 54.1 Å². The summed E-state index contributed by atoms with van der Waals surface area (Å²) in [6, 6.07) is 16.2. The molecule has 0 atom stereocenters. The van der Waals surface area contributed by atoms with E-state index in [2.05, 4.69) is 54.0 Å². The number of nitrogens with zero attached hydrogens (tertiary/aromatic N) is 2. The van der Waals surface area contributed by atoms with Gasteiger partial charge in [0, 0.05) is 0 Å². The molecular weight excluding hydrogens is 376 g/mol. The third-order valence-corrected chi connectivity index (χ3v) is 5.26. The number of hydrogen-bond donors (Lipinski definition) is 1. The van der Waals surface area contributed by atoms with Crippen molar-refractivity contribution in [2.75, 3.05) is 12.4 Å². The molecule has 4 heteroatoms. The van der Waals surface area contributed by atoms with Crippen molar-refractivity contribution in [1.82, 2.24) is 0 Å². The van der Waals surface area contributed by atoms with Crippen molar-refractivity contribution in [2.45, 2.75) is 71.1 Å². The standard InChI is InChI=1S/C25H36N2OS/c1-2-3-4-5-6-8-11-22-12-14-23(15-13-22)26-27-24-16-18-25(19-17-24)28-20-9-7-10-21-29/h12-19,29H,2-11,20-21H2,1H3. The minimum absolute atomic E-state index is 0.750. The minimum atomic E-state index is 0.750. The summed E-state index contributed by atoms with van der Waals surface area (Å²) < 4.78 is 5.75. The molecule has 0 saturated heterocycles. The SMILES string of the molecule is CCCCCCCCc1ccc(N=Nc2ccc(OCCCCCS)cc2)cc1. The average molecular weight is 413 g/mol. The van der Waals surface area contributed by atoms with Crippen LogP contribution in [0.25, 0.3) is 0 Å². The van der Waals surface area contributed by atoms with E-state index in [-0.39, 0.29) is 0 Å². The van der Waals surface area contributed by atoms with Gasteiger partial charge in [-0.15, -0.1) is 0 Å². The molecular formula is C25H36N2OS. The molecule has 0 spiro atoms. The maximum absolute atomic E-state index is 5.75. The lowest BCUT2D eigenvalue weighted by Gasteiger charge is -2.05. The lowest BCUT2D eigenvalue weighted by molar-refractivity contribution is 0.306. The van der Waals surface area contributed by atoms with Gasteiger partial charge >= 0.3 is 0 Å². The fourth-order valence-corrected chi connectivity index (χ4v) is 3.37. The molecule has 0 N–H and O–H groups in total. The van der Waals surface area contributed by atoms with Crippen LogP contribution >= 0.6 is 12.6 Å². The monoisotopic (exact) mass is 412 g/mol. The fraction of sp³-hybridized carbons (Fsp3) is 0.520. The second-order valence-electron chi connectivity index (χ2n) is 7.51. The number of aryl methyl sites for hydroxylation is 1. The molecule has 29 heavy (non-hydrogen) atoms. The van der Waals surface area contributed by atoms with Crippen molar-refractivity contribution in [3.8, 4) is 5.75 Å². The zero-order valence-electron chi connectivity index (χ0n) is 17.9. The molecule has 0 aliphatic rings. The van der Waals surface area contributed by atoms with Crippen LogP contribution in [0.2, 0.25) is 0 Å². The van der Waals surface area contributed by atoms with E-state index in [1.165, 1.54) is 44.1 Å². The molecule has 2 aromatic rings. The van der Waals surface area contributed by atoms with Crippen LogP contribution in [0.4, 0.5) is 11.4 Å². The Bertz CT molecular complexity index is 683. The molecule has 0 radical (unpaired) electrons. The van der Waals surface area contributed by atoms with Gasteiger partial charge in [-0.2, -0.15) is 22.9 Å². The molecule has 0 amide bonds. The number of rotatable bonds is 15. The normalized spacial score (nSPS) is 11.2. The molecule has 0 aliphatic carbocycles. The summed E-state index contributed by atoms with van der Waals surface area (Å²) in [6.45, 7) is 3.01. The maximum atomic E-state index is 5.75. The molecule has 3 nitrogen and oxygen atoms in total. The zero-order chi connectivity index (χ0) is 20.6. The highest BCUT2D eigenvalue weighted by atomic mass is 32.1. The second-order valence-corrected chi connectivity index (χ2v) is 7.96. The average Bonchev–Trinajstić information content (AvgIpc) is 2.76. The van der Waals surface area contributed by atoms with E-state index in [1.54, 1.807) is 0 Å². The largest absolute Gasteiger partial charge is 0.494 e. The van der Waals surface area contributed by atoms with Crippen LogP contribution in [-0.2, 0) is 6.42 Å². The Kier molecular flexibility index (Phi) is 12.2. The van der Waals surface area contributed by atoms with Gasteiger partial charge in [0.05, 0.1) is 18.0 Å². The third kappa shape index (κ3) is 10.5. The Labute approximate surface area is 182 Å². The molecule has 2 rings (SSSR count). The highest BCUT2D eigenvalue weighted by molar-refractivity contribution is 7.80. The number of benzene rings is 2. The summed E-state index contributed by atoms with van der Waals surface area (Å²) in [6.07, 6.45) is 12.5. The number of unbranched alkanes of at least 4 members (excludes halogenated alkanes) is 7.